The van der Waals surface area contributed by atoms with Crippen LogP contribution < -0.4 is 5.32 Å². The smallest absolute Gasteiger partial charge is 0.142 e. The van der Waals surface area contributed by atoms with Gasteiger partial charge >= 0.3 is 0 Å². The Morgan fingerprint density at radius 3 is 2.69 bits per heavy atom. The van der Waals surface area contributed by atoms with E-state index in [1.807, 2.05) is 6.07 Å². The van der Waals surface area contributed by atoms with Gasteiger partial charge in [0.15, 0.2) is 0 Å². The summed E-state index contributed by atoms with van der Waals surface area (Å²) in [6.45, 7) is 1.61. The second kappa shape index (κ2) is 7.88. The highest BCUT2D eigenvalue weighted by Gasteiger charge is 2.00. The average molecular weight is 264 g/mol. The molecule has 0 bridgehead atoms. The van der Waals surface area contributed by atoms with Crippen molar-refractivity contribution in [2.45, 2.75) is 25.8 Å². The molecule has 1 aromatic rings. The van der Waals surface area contributed by atoms with E-state index in [-0.39, 0.29) is 10.8 Å². The van der Waals surface area contributed by atoms with Gasteiger partial charge in [0.25, 0.3) is 0 Å². The lowest BCUT2D eigenvalue weighted by Crippen LogP contribution is -2.14. The highest BCUT2D eigenvalue weighted by Crippen LogP contribution is 2.15. The van der Waals surface area contributed by atoms with Gasteiger partial charge < -0.3 is 5.32 Å². The Balaban J connectivity index is 2.19. The van der Waals surface area contributed by atoms with E-state index in [9.17, 15) is 4.39 Å². The molecule has 0 heterocycles. The molecule has 1 rings (SSSR count). The van der Waals surface area contributed by atoms with Crippen LogP contribution in [0.2, 0.25) is 5.02 Å². The van der Waals surface area contributed by atoms with E-state index in [2.05, 4.69) is 5.32 Å². The van der Waals surface area contributed by atoms with Gasteiger partial charge in [-0.05, 0) is 37.1 Å². The Labute approximate surface area is 106 Å². The fraction of sp³-hybridized carbons (Fsp3) is 0.500. The number of hydrogen-bond acceptors (Lipinski definition) is 1. The Bertz CT molecular complexity index is 318. The van der Waals surface area contributed by atoms with E-state index in [0.717, 1.165) is 37.3 Å². The molecule has 0 unspecified atom stereocenters. The number of hydrogen-bond donors (Lipinski definition) is 1. The first kappa shape index (κ1) is 13.8. The number of rotatable bonds is 7. The van der Waals surface area contributed by atoms with Gasteiger partial charge in [-0.1, -0.05) is 24.1 Å². The van der Waals surface area contributed by atoms with E-state index in [4.69, 9.17) is 23.2 Å². The molecule has 90 valence electrons. The normalized spacial score (nSPS) is 10.7. The van der Waals surface area contributed by atoms with Crippen LogP contribution in [0, 0.1) is 5.82 Å². The minimum absolute atomic E-state index is 0.172. The first-order valence-corrected chi connectivity index (χ1v) is 6.36. The maximum atomic E-state index is 13.1. The first-order chi connectivity index (χ1) is 7.74. The monoisotopic (exact) mass is 263 g/mol. The predicted octanol–water partition coefficient (Wildman–Crippen LogP) is 3.98. The highest BCUT2D eigenvalue weighted by molar-refractivity contribution is 6.30. The maximum absolute atomic E-state index is 13.1. The zero-order valence-electron chi connectivity index (χ0n) is 9.11. The Morgan fingerprint density at radius 1 is 1.19 bits per heavy atom. The molecule has 0 amide bonds. The van der Waals surface area contributed by atoms with Gasteiger partial charge in [0.05, 0.1) is 5.02 Å². The minimum atomic E-state index is -0.358. The molecule has 0 saturated heterocycles. The standard InChI is InChI=1S/C12H16Cl2FN/c13-6-2-1-3-7-16-9-10-4-5-11(14)12(15)8-10/h4-5,8,16H,1-3,6-7,9H2. The van der Waals surface area contributed by atoms with Crippen molar-refractivity contribution in [3.05, 3.63) is 34.6 Å². The summed E-state index contributed by atoms with van der Waals surface area (Å²) in [5.74, 6) is 0.366. The summed E-state index contributed by atoms with van der Waals surface area (Å²) in [6, 6.07) is 4.88. The summed E-state index contributed by atoms with van der Waals surface area (Å²) in [6.07, 6.45) is 3.28. The van der Waals surface area contributed by atoms with Crippen LogP contribution in [0.15, 0.2) is 18.2 Å². The summed E-state index contributed by atoms with van der Waals surface area (Å²) in [7, 11) is 0. The van der Waals surface area contributed by atoms with Crippen LogP contribution in [0.4, 0.5) is 4.39 Å². The van der Waals surface area contributed by atoms with E-state index < -0.39 is 0 Å². The van der Waals surface area contributed by atoms with Gasteiger partial charge in [0, 0.05) is 12.4 Å². The Kier molecular flexibility index (Phi) is 6.78. The van der Waals surface area contributed by atoms with Gasteiger partial charge in [-0.15, -0.1) is 11.6 Å². The van der Waals surface area contributed by atoms with Crippen LogP contribution in [0.25, 0.3) is 0 Å². The lowest BCUT2D eigenvalue weighted by Gasteiger charge is -2.05. The quantitative estimate of drug-likeness (QED) is 0.580. The highest BCUT2D eigenvalue weighted by atomic mass is 35.5. The number of nitrogens with one attached hydrogen (secondary N) is 1. The summed E-state index contributed by atoms with van der Waals surface area (Å²) in [5.41, 5.74) is 0.916. The van der Waals surface area contributed by atoms with Crippen molar-refractivity contribution in [2.24, 2.45) is 0 Å². The molecular formula is C12H16Cl2FN. The van der Waals surface area contributed by atoms with Crippen LogP contribution in [-0.4, -0.2) is 12.4 Å². The van der Waals surface area contributed by atoms with Crippen LogP contribution in [-0.2, 0) is 6.54 Å². The van der Waals surface area contributed by atoms with Crippen LogP contribution in [0.1, 0.15) is 24.8 Å². The topological polar surface area (TPSA) is 12.0 Å². The predicted molar refractivity (Wildman–Crippen MR) is 67.7 cm³/mol. The number of benzene rings is 1. The molecule has 0 atom stereocenters. The van der Waals surface area contributed by atoms with Gasteiger partial charge in [-0.25, -0.2) is 4.39 Å². The molecule has 1 nitrogen and oxygen atoms in total. The van der Waals surface area contributed by atoms with Crippen LogP contribution in [0.3, 0.4) is 0 Å². The molecule has 0 aliphatic carbocycles. The SMILES string of the molecule is Fc1cc(CNCCCCCCl)ccc1Cl. The zero-order valence-corrected chi connectivity index (χ0v) is 10.6. The summed E-state index contributed by atoms with van der Waals surface area (Å²) in [5, 5.41) is 3.43. The number of unbranched alkanes of at least 4 members (excludes halogenated alkanes) is 2. The van der Waals surface area contributed by atoms with Crippen molar-refractivity contribution in [2.75, 3.05) is 12.4 Å². The Morgan fingerprint density at radius 2 is 2.00 bits per heavy atom. The van der Waals surface area contributed by atoms with Gasteiger partial charge in [-0.2, -0.15) is 0 Å². The lowest BCUT2D eigenvalue weighted by atomic mass is 10.2. The Hall–Kier alpha value is -0.310. The van der Waals surface area contributed by atoms with Crippen molar-refractivity contribution in [1.29, 1.82) is 0 Å². The van der Waals surface area contributed by atoms with Gasteiger partial charge in [-0.3, -0.25) is 0 Å². The molecule has 0 spiro atoms. The van der Waals surface area contributed by atoms with Gasteiger partial charge in [0.1, 0.15) is 5.82 Å². The van der Waals surface area contributed by atoms with Crippen LogP contribution in [0.5, 0.6) is 0 Å². The van der Waals surface area contributed by atoms with Crippen molar-refractivity contribution in [1.82, 2.24) is 5.32 Å². The fourth-order valence-corrected chi connectivity index (χ4v) is 1.71. The largest absolute Gasteiger partial charge is 0.313 e. The van der Waals surface area contributed by atoms with E-state index in [1.165, 1.54) is 6.07 Å². The molecule has 0 fully saturated rings. The lowest BCUT2D eigenvalue weighted by molar-refractivity contribution is 0.605. The zero-order chi connectivity index (χ0) is 11.8. The van der Waals surface area contributed by atoms with Crippen molar-refractivity contribution >= 4 is 23.2 Å². The molecule has 4 heteroatoms. The second-order valence-corrected chi connectivity index (χ2v) is 4.46. The molecule has 0 aromatic heterocycles. The third-order valence-corrected chi connectivity index (χ3v) is 2.87. The molecule has 16 heavy (non-hydrogen) atoms. The minimum Gasteiger partial charge on any atom is -0.313 e. The fourth-order valence-electron chi connectivity index (χ4n) is 1.40. The van der Waals surface area contributed by atoms with Crippen molar-refractivity contribution in [3.8, 4) is 0 Å². The van der Waals surface area contributed by atoms with Crippen LogP contribution >= 0.6 is 23.2 Å². The first-order valence-electron chi connectivity index (χ1n) is 5.44. The van der Waals surface area contributed by atoms with E-state index in [0.29, 0.717) is 6.54 Å². The second-order valence-electron chi connectivity index (χ2n) is 3.67. The third kappa shape index (κ3) is 5.15. The molecule has 0 aliphatic heterocycles. The molecule has 0 aliphatic rings. The molecule has 1 N–H and O–H groups in total. The third-order valence-electron chi connectivity index (χ3n) is 2.30. The number of halogens is 3. The van der Waals surface area contributed by atoms with Crippen molar-refractivity contribution in [3.63, 3.8) is 0 Å². The van der Waals surface area contributed by atoms with E-state index in [1.54, 1.807) is 6.07 Å². The molecule has 1 aromatic carbocycles. The molecule has 0 radical (unpaired) electrons. The van der Waals surface area contributed by atoms with E-state index >= 15 is 0 Å². The van der Waals surface area contributed by atoms with Crippen molar-refractivity contribution < 1.29 is 4.39 Å². The summed E-state index contributed by atoms with van der Waals surface area (Å²) < 4.78 is 13.1. The summed E-state index contributed by atoms with van der Waals surface area (Å²) in [4.78, 5) is 0. The summed E-state index contributed by atoms with van der Waals surface area (Å²) >= 11 is 11.2. The molecule has 0 saturated carbocycles. The van der Waals surface area contributed by atoms with Gasteiger partial charge in [0.2, 0.25) is 0 Å². The molecular weight excluding hydrogens is 248 g/mol. The maximum Gasteiger partial charge on any atom is 0.142 e. The number of alkyl halides is 1. The average Bonchev–Trinajstić information content (AvgIpc) is 2.28.